The Morgan fingerprint density at radius 1 is 1.25 bits per heavy atom. The monoisotopic (exact) mass is 302 g/mol. The molecule has 1 rings (SSSR count). The van der Waals surface area contributed by atoms with Gasteiger partial charge in [0.05, 0.1) is 6.26 Å². The molecule has 0 spiro atoms. The average Bonchev–Trinajstić information content (AvgIpc) is 2.33. The van der Waals surface area contributed by atoms with Crippen LogP contribution in [-0.4, -0.2) is 44.5 Å². The van der Waals surface area contributed by atoms with Gasteiger partial charge in [-0.15, -0.1) is 0 Å². The summed E-state index contributed by atoms with van der Waals surface area (Å²) in [5, 5.41) is 2.56. The van der Waals surface area contributed by atoms with Crippen molar-refractivity contribution in [3.8, 4) is 0 Å². The number of carbonyl (C=O) groups excluding carboxylic acids is 1. The Hall–Kier alpha value is -1.47. The average molecular weight is 302 g/mol. The fourth-order valence-corrected chi connectivity index (χ4v) is 2.55. The number of nitrogens with zero attached hydrogens (tertiary/aromatic N) is 1. The van der Waals surface area contributed by atoms with Gasteiger partial charge in [-0.2, -0.15) is 0 Å². The van der Waals surface area contributed by atoms with E-state index in [9.17, 15) is 17.6 Å². The van der Waals surface area contributed by atoms with Crippen LogP contribution in [0, 0.1) is 5.82 Å². The molecule has 0 aliphatic carbocycles. The molecule has 7 heteroatoms. The fourth-order valence-electron chi connectivity index (χ4n) is 1.70. The number of sulfonamides is 1. The van der Waals surface area contributed by atoms with Crippen molar-refractivity contribution in [1.29, 1.82) is 0 Å². The number of halogens is 1. The molecule has 1 N–H and O–H groups in total. The number of hydrogen-bond donors (Lipinski definition) is 1. The molecule has 0 heterocycles. The maximum absolute atomic E-state index is 12.8. The van der Waals surface area contributed by atoms with Crippen molar-refractivity contribution in [2.45, 2.75) is 13.3 Å². The number of rotatable bonds is 7. The van der Waals surface area contributed by atoms with Gasteiger partial charge in [0.25, 0.3) is 0 Å². The van der Waals surface area contributed by atoms with Crippen LogP contribution in [0.5, 0.6) is 0 Å². The molecule has 0 aliphatic rings. The van der Waals surface area contributed by atoms with Crippen LogP contribution in [0.3, 0.4) is 0 Å². The largest absolute Gasteiger partial charge is 0.355 e. The number of benzene rings is 1. The highest BCUT2D eigenvalue weighted by atomic mass is 32.2. The molecule has 0 saturated carbocycles. The third kappa shape index (κ3) is 6.12. The van der Waals surface area contributed by atoms with Crippen LogP contribution in [0.15, 0.2) is 24.3 Å². The highest BCUT2D eigenvalue weighted by Crippen LogP contribution is 2.06. The lowest BCUT2D eigenvalue weighted by atomic mass is 10.1. The molecule has 0 radical (unpaired) electrons. The van der Waals surface area contributed by atoms with E-state index < -0.39 is 10.0 Å². The first-order chi connectivity index (χ1) is 9.29. The summed E-state index contributed by atoms with van der Waals surface area (Å²) in [6.45, 7) is 2.17. The summed E-state index contributed by atoms with van der Waals surface area (Å²) < 4.78 is 37.3. The summed E-state index contributed by atoms with van der Waals surface area (Å²) in [4.78, 5) is 10.8. The van der Waals surface area contributed by atoms with Crippen LogP contribution in [-0.2, 0) is 21.2 Å². The van der Waals surface area contributed by atoms with Crippen LogP contribution in [0.1, 0.15) is 12.5 Å². The van der Waals surface area contributed by atoms with Crippen molar-refractivity contribution in [3.63, 3.8) is 0 Å². The van der Waals surface area contributed by atoms with Crippen LogP contribution in [0.2, 0.25) is 0 Å². The van der Waals surface area contributed by atoms with Crippen molar-refractivity contribution in [1.82, 2.24) is 9.62 Å². The normalized spacial score (nSPS) is 11.6. The van der Waals surface area contributed by atoms with E-state index in [2.05, 4.69) is 5.32 Å². The lowest BCUT2D eigenvalue weighted by Gasteiger charge is -2.20. The second-order valence-electron chi connectivity index (χ2n) is 4.52. The van der Waals surface area contributed by atoms with E-state index in [0.29, 0.717) is 13.0 Å². The Bertz CT molecular complexity index is 543. The minimum absolute atomic E-state index is 0.197. The smallest absolute Gasteiger partial charge is 0.216 e. The standard InChI is InChI=1S/C13H19FN2O3S/c1-11(17)15-8-10-16(20(2,18)19)9-7-12-3-5-13(14)6-4-12/h3-6H,7-10H2,1-2H3,(H,15,17). The van der Waals surface area contributed by atoms with E-state index in [-0.39, 0.29) is 24.8 Å². The topological polar surface area (TPSA) is 66.5 Å². The third-order valence-corrected chi connectivity index (χ3v) is 4.07. The van der Waals surface area contributed by atoms with Crippen molar-refractivity contribution < 1.29 is 17.6 Å². The van der Waals surface area contributed by atoms with Gasteiger partial charge < -0.3 is 5.32 Å². The predicted molar refractivity (Wildman–Crippen MR) is 75.2 cm³/mol. The lowest BCUT2D eigenvalue weighted by Crippen LogP contribution is -2.38. The molecule has 1 aromatic rings. The Morgan fingerprint density at radius 3 is 2.35 bits per heavy atom. The third-order valence-electron chi connectivity index (χ3n) is 2.77. The molecule has 112 valence electrons. The molecule has 1 amide bonds. The molecule has 5 nitrogen and oxygen atoms in total. The highest BCUT2D eigenvalue weighted by Gasteiger charge is 2.16. The second-order valence-corrected chi connectivity index (χ2v) is 6.50. The molecule has 0 atom stereocenters. The zero-order valence-electron chi connectivity index (χ0n) is 11.6. The van der Waals surface area contributed by atoms with Crippen molar-refractivity contribution >= 4 is 15.9 Å². The first-order valence-electron chi connectivity index (χ1n) is 6.23. The summed E-state index contributed by atoms with van der Waals surface area (Å²) in [6.07, 6.45) is 1.62. The van der Waals surface area contributed by atoms with Gasteiger partial charge in [-0.1, -0.05) is 12.1 Å². The number of nitrogens with one attached hydrogen (secondary N) is 1. The molecule has 0 bridgehead atoms. The zero-order valence-corrected chi connectivity index (χ0v) is 12.4. The maximum Gasteiger partial charge on any atom is 0.216 e. The van der Waals surface area contributed by atoms with Crippen LogP contribution in [0.25, 0.3) is 0 Å². The Morgan fingerprint density at radius 2 is 1.85 bits per heavy atom. The first-order valence-corrected chi connectivity index (χ1v) is 8.08. The number of amides is 1. The minimum Gasteiger partial charge on any atom is -0.355 e. The van der Waals surface area contributed by atoms with Gasteiger partial charge in [-0.25, -0.2) is 17.1 Å². The van der Waals surface area contributed by atoms with E-state index >= 15 is 0 Å². The predicted octanol–water partition coefficient (Wildman–Crippen LogP) is 0.766. The van der Waals surface area contributed by atoms with Crippen LogP contribution >= 0.6 is 0 Å². The SMILES string of the molecule is CC(=O)NCCN(CCc1ccc(F)cc1)S(C)(=O)=O. The lowest BCUT2D eigenvalue weighted by molar-refractivity contribution is -0.118. The molecular formula is C13H19FN2O3S. The van der Waals surface area contributed by atoms with E-state index in [4.69, 9.17) is 0 Å². The van der Waals surface area contributed by atoms with Crippen molar-refractivity contribution in [3.05, 3.63) is 35.6 Å². The second kappa shape index (κ2) is 7.35. The van der Waals surface area contributed by atoms with Gasteiger partial charge in [0.1, 0.15) is 5.82 Å². The molecule has 0 fully saturated rings. The van der Waals surface area contributed by atoms with E-state index in [1.165, 1.54) is 23.4 Å². The van der Waals surface area contributed by atoms with E-state index in [0.717, 1.165) is 11.8 Å². The maximum atomic E-state index is 12.8. The molecule has 1 aromatic carbocycles. The van der Waals surface area contributed by atoms with Gasteiger partial charge in [0, 0.05) is 26.6 Å². The fraction of sp³-hybridized carbons (Fsp3) is 0.462. The van der Waals surface area contributed by atoms with Crippen molar-refractivity contribution in [2.24, 2.45) is 0 Å². The van der Waals surface area contributed by atoms with E-state index in [1.807, 2.05) is 0 Å². The Kier molecular flexibility index (Phi) is 6.09. The Balaban J connectivity index is 2.57. The molecule has 0 saturated heterocycles. The molecule has 0 unspecified atom stereocenters. The Labute approximate surface area is 118 Å². The highest BCUT2D eigenvalue weighted by molar-refractivity contribution is 7.88. The summed E-state index contributed by atoms with van der Waals surface area (Å²) in [6, 6.07) is 5.95. The summed E-state index contributed by atoms with van der Waals surface area (Å²) in [5.41, 5.74) is 0.861. The van der Waals surface area contributed by atoms with Gasteiger partial charge in [0.15, 0.2) is 0 Å². The quantitative estimate of drug-likeness (QED) is 0.809. The van der Waals surface area contributed by atoms with Gasteiger partial charge in [-0.05, 0) is 24.1 Å². The van der Waals surface area contributed by atoms with Crippen LogP contribution < -0.4 is 5.32 Å². The summed E-state index contributed by atoms with van der Waals surface area (Å²) in [7, 11) is -3.33. The first kappa shape index (κ1) is 16.6. The molecule has 20 heavy (non-hydrogen) atoms. The van der Waals surface area contributed by atoms with Crippen molar-refractivity contribution in [2.75, 3.05) is 25.9 Å². The van der Waals surface area contributed by atoms with Gasteiger partial charge in [-0.3, -0.25) is 4.79 Å². The summed E-state index contributed by atoms with van der Waals surface area (Å²) >= 11 is 0. The zero-order chi connectivity index (χ0) is 15.2. The van der Waals surface area contributed by atoms with Gasteiger partial charge >= 0.3 is 0 Å². The van der Waals surface area contributed by atoms with Crippen LogP contribution in [0.4, 0.5) is 4.39 Å². The summed E-state index contributed by atoms with van der Waals surface area (Å²) in [5.74, 6) is -0.517. The number of hydrogen-bond acceptors (Lipinski definition) is 3. The minimum atomic E-state index is -3.33. The van der Waals surface area contributed by atoms with Gasteiger partial charge in [0.2, 0.25) is 15.9 Å². The molecular weight excluding hydrogens is 283 g/mol. The molecule has 0 aliphatic heterocycles. The molecule has 0 aromatic heterocycles. The number of carbonyl (C=O) groups is 1. The van der Waals surface area contributed by atoms with E-state index in [1.54, 1.807) is 12.1 Å².